The van der Waals surface area contributed by atoms with Crippen molar-refractivity contribution in [3.63, 3.8) is 0 Å². The van der Waals surface area contributed by atoms with Gasteiger partial charge >= 0.3 is 0 Å². The Hall–Kier alpha value is -1.42. The molecule has 1 saturated heterocycles. The number of carbonyl (C=O) groups excluding carboxylic acids is 1. The SMILES string of the molecule is CC(=O)N1CCNC(Cc2ccccc2F)C1. The van der Waals surface area contributed by atoms with Crippen molar-refractivity contribution in [1.29, 1.82) is 0 Å². The molecular formula is C13H17FN2O. The lowest BCUT2D eigenvalue weighted by atomic mass is 10.0. The molecule has 1 atom stereocenters. The molecule has 0 bridgehead atoms. The number of nitrogens with one attached hydrogen (secondary N) is 1. The average Bonchev–Trinajstić information content (AvgIpc) is 2.32. The first-order chi connectivity index (χ1) is 8.16. The Morgan fingerprint density at radius 1 is 1.53 bits per heavy atom. The van der Waals surface area contributed by atoms with Gasteiger partial charge in [-0.25, -0.2) is 4.39 Å². The van der Waals surface area contributed by atoms with E-state index in [1.54, 1.807) is 19.1 Å². The van der Waals surface area contributed by atoms with Crippen LogP contribution < -0.4 is 5.32 Å². The van der Waals surface area contributed by atoms with Gasteiger partial charge in [-0.2, -0.15) is 0 Å². The minimum Gasteiger partial charge on any atom is -0.340 e. The normalized spacial score (nSPS) is 20.4. The van der Waals surface area contributed by atoms with Gasteiger partial charge < -0.3 is 10.2 Å². The third-order valence-corrected chi connectivity index (χ3v) is 3.12. The van der Waals surface area contributed by atoms with E-state index in [1.165, 1.54) is 6.07 Å². The van der Waals surface area contributed by atoms with Gasteiger partial charge in [0.05, 0.1) is 0 Å². The number of hydrogen-bond donors (Lipinski definition) is 1. The molecule has 0 aromatic heterocycles. The highest BCUT2D eigenvalue weighted by molar-refractivity contribution is 5.73. The summed E-state index contributed by atoms with van der Waals surface area (Å²) in [6.45, 7) is 3.75. The van der Waals surface area contributed by atoms with Crippen molar-refractivity contribution < 1.29 is 9.18 Å². The van der Waals surface area contributed by atoms with Gasteiger partial charge in [0.1, 0.15) is 5.82 Å². The maximum absolute atomic E-state index is 13.5. The van der Waals surface area contributed by atoms with Crippen LogP contribution in [0.25, 0.3) is 0 Å². The van der Waals surface area contributed by atoms with E-state index in [-0.39, 0.29) is 17.8 Å². The Balaban J connectivity index is 1.99. The monoisotopic (exact) mass is 236 g/mol. The molecular weight excluding hydrogens is 219 g/mol. The van der Waals surface area contributed by atoms with Crippen molar-refractivity contribution >= 4 is 5.91 Å². The molecule has 0 saturated carbocycles. The van der Waals surface area contributed by atoms with Gasteiger partial charge in [-0.05, 0) is 18.1 Å². The minimum atomic E-state index is -0.172. The number of piperazine rings is 1. The number of halogens is 1. The Morgan fingerprint density at radius 2 is 2.29 bits per heavy atom. The molecule has 1 aromatic rings. The largest absolute Gasteiger partial charge is 0.340 e. The molecule has 92 valence electrons. The van der Waals surface area contributed by atoms with Gasteiger partial charge in [0.25, 0.3) is 0 Å². The standard InChI is InChI=1S/C13H17FN2O/c1-10(17)16-7-6-15-12(9-16)8-11-4-2-3-5-13(11)14/h2-5,12,15H,6-9H2,1H3. The summed E-state index contributed by atoms with van der Waals surface area (Å²) in [7, 11) is 0. The van der Waals surface area contributed by atoms with E-state index in [9.17, 15) is 9.18 Å². The van der Waals surface area contributed by atoms with Crippen LogP contribution in [-0.4, -0.2) is 36.5 Å². The van der Waals surface area contributed by atoms with E-state index in [2.05, 4.69) is 5.32 Å². The van der Waals surface area contributed by atoms with Crippen molar-refractivity contribution in [1.82, 2.24) is 10.2 Å². The third kappa shape index (κ3) is 3.03. The first-order valence-corrected chi connectivity index (χ1v) is 5.89. The number of rotatable bonds is 2. The second kappa shape index (κ2) is 5.27. The summed E-state index contributed by atoms with van der Waals surface area (Å²) >= 11 is 0. The van der Waals surface area contributed by atoms with E-state index >= 15 is 0 Å². The van der Waals surface area contributed by atoms with Crippen molar-refractivity contribution in [2.75, 3.05) is 19.6 Å². The molecule has 1 N–H and O–H groups in total. The zero-order valence-corrected chi connectivity index (χ0v) is 9.95. The molecule has 1 unspecified atom stereocenters. The van der Waals surface area contributed by atoms with E-state index in [0.29, 0.717) is 18.5 Å². The fourth-order valence-corrected chi connectivity index (χ4v) is 2.18. The lowest BCUT2D eigenvalue weighted by molar-refractivity contribution is -0.130. The lowest BCUT2D eigenvalue weighted by Gasteiger charge is -2.33. The number of carbonyl (C=O) groups is 1. The van der Waals surface area contributed by atoms with E-state index < -0.39 is 0 Å². The number of nitrogens with zero attached hydrogens (tertiary/aromatic N) is 1. The van der Waals surface area contributed by atoms with Crippen LogP contribution in [0.5, 0.6) is 0 Å². The van der Waals surface area contributed by atoms with Crippen molar-refractivity contribution in [2.45, 2.75) is 19.4 Å². The molecule has 3 nitrogen and oxygen atoms in total. The topological polar surface area (TPSA) is 32.3 Å². The van der Waals surface area contributed by atoms with Crippen LogP contribution in [0.1, 0.15) is 12.5 Å². The molecule has 1 fully saturated rings. The highest BCUT2D eigenvalue weighted by atomic mass is 19.1. The first kappa shape index (κ1) is 12.0. The first-order valence-electron chi connectivity index (χ1n) is 5.89. The number of amides is 1. The summed E-state index contributed by atoms with van der Waals surface area (Å²) in [6.07, 6.45) is 0.621. The molecule has 0 aliphatic carbocycles. The highest BCUT2D eigenvalue weighted by Gasteiger charge is 2.21. The molecule has 0 spiro atoms. The summed E-state index contributed by atoms with van der Waals surface area (Å²) in [5, 5.41) is 3.32. The Kier molecular flexibility index (Phi) is 3.74. The van der Waals surface area contributed by atoms with Crippen molar-refractivity contribution in [3.05, 3.63) is 35.6 Å². The van der Waals surface area contributed by atoms with Crippen LogP contribution in [0.4, 0.5) is 4.39 Å². The molecule has 1 aromatic carbocycles. The Labute approximate surface area is 101 Å². The molecule has 17 heavy (non-hydrogen) atoms. The maximum Gasteiger partial charge on any atom is 0.219 e. The molecule has 1 aliphatic heterocycles. The Bertz CT molecular complexity index is 408. The summed E-state index contributed by atoms with van der Waals surface area (Å²) < 4.78 is 13.5. The van der Waals surface area contributed by atoms with Crippen LogP contribution >= 0.6 is 0 Å². The Morgan fingerprint density at radius 3 is 3.00 bits per heavy atom. The number of benzene rings is 1. The van der Waals surface area contributed by atoms with E-state index in [1.807, 2.05) is 11.0 Å². The smallest absolute Gasteiger partial charge is 0.219 e. The molecule has 1 aliphatic rings. The van der Waals surface area contributed by atoms with Gasteiger partial charge in [0.15, 0.2) is 0 Å². The molecule has 4 heteroatoms. The van der Waals surface area contributed by atoms with Gasteiger partial charge in [0, 0.05) is 32.6 Å². The van der Waals surface area contributed by atoms with Crippen LogP contribution in [0, 0.1) is 5.82 Å². The van der Waals surface area contributed by atoms with Gasteiger partial charge in [-0.1, -0.05) is 18.2 Å². The summed E-state index contributed by atoms with van der Waals surface area (Å²) in [5.41, 5.74) is 0.704. The summed E-state index contributed by atoms with van der Waals surface area (Å²) in [5.74, 6) is -0.0840. The third-order valence-electron chi connectivity index (χ3n) is 3.12. The second-order valence-corrected chi connectivity index (χ2v) is 4.41. The second-order valence-electron chi connectivity index (χ2n) is 4.41. The van der Waals surface area contributed by atoms with Crippen molar-refractivity contribution in [3.8, 4) is 0 Å². The van der Waals surface area contributed by atoms with E-state index in [0.717, 1.165) is 13.1 Å². The fourth-order valence-electron chi connectivity index (χ4n) is 2.18. The molecule has 0 radical (unpaired) electrons. The number of hydrogen-bond acceptors (Lipinski definition) is 2. The zero-order valence-electron chi connectivity index (χ0n) is 9.95. The van der Waals surface area contributed by atoms with Crippen LogP contribution in [-0.2, 0) is 11.2 Å². The van der Waals surface area contributed by atoms with Gasteiger partial charge in [-0.3, -0.25) is 4.79 Å². The predicted molar refractivity (Wildman–Crippen MR) is 64.1 cm³/mol. The fraction of sp³-hybridized carbons (Fsp3) is 0.462. The molecule has 2 rings (SSSR count). The maximum atomic E-state index is 13.5. The zero-order chi connectivity index (χ0) is 12.3. The predicted octanol–water partition coefficient (Wildman–Crippen LogP) is 1.19. The molecule has 1 heterocycles. The minimum absolute atomic E-state index is 0.0880. The lowest BCUT2D eigenvalue weighted by Crippen LogP contribution is -2.52. The van der Waals surface area contributed by atoms with Crippen LogP contribution in [0.15, 0.2) is 24.3 Å². The van der Waals surface area contributed by atoms with Gasteiger partial charge in [-0.15, -0.1) is 0 Å². The highest BCUT2D eigenvalue weighted by Crippen LogP contribution is 2.11. The van der Waals surface area contributed by atoms with Crippen LogP contribution in [0.2, 0.25) is 0 Å². The average molecular weight is 236 g/mol. The molecule has 1 amide bonds. The van der Waals surface area contributed by atoms with Gasteiger partial charge in [0.2, 0.25) is 5.91 Å². The summed E-state index contributed by atoms with van der Waals surface area (Å²) in [6, 6.07) is 6.94. The van der Waals surface area contributed by atoms with Crippen LogP contribution in [0.3, 0.4) is 0 Å². The van der Waals surface area contributed by atoms with Crippen molar-refractivity contribution in [2.24, 2.45) is 0 Å². The van der Waals surface area contributed by atoms with E-state index in [4.69, 9.17) is 0 Å². The quantitative estimate of drug-likeness (QED) is 0.836. The summed E-state index contributed by atoms with van der Waals surface area (Å²) in [4.78, 5) is 13.1.